The van der Waals surface area contributed by atoms with E-state index in [0.717, 1.165) is 44.3 Å². The Kier molecular flexibility index (Phi) is 11.5. The molecule has 6 nitrogen and oxygen atoms in total. The molecule has 2 rings (SSSR count). The zero-order chi connectivity index (χ0) is 19.5. The molecule has 0 bridgehead atoms. The highest BCUT2D eigenvalue weighted by Gasteiger charge is 2.08. The van der Waals surface area contributed by atoms with Crippen molar-refractivity contribution in [1.29, 1.82) is 0 Å². The van der Waals surface area contributed by atoms with E-state index in [1.54, 1.807) is 18.2 Å². The van der Waals surface area contributed by atoms with Crippen molar-refractivity contribution in [3.63, 3.8) is 0 Å². The molecule has 0 spiro atoms. The Labute approximate surface area is 184 Å². The molecule has 0 aliphatic carbocycles. The van der Waals surface area contributed by atoms with E-state index in [-0.39, 0.29) is 41.6 Å². The first kappa shape index (κ1) is 24.2. The zero-order valence-corrected chi connectivity index (χ0v) is 19.2. The van der Waals surface area contributed by atoms with Gasteiger partial charge in [0.15, 0.2) is 17.5 Å². The number of hydrogen-bond donors (Lipinski definition) is 2. The molecule has 0 amide bonds. The fourth-order valence-corrected chi connectivity index (χ4v) is 2.61. The minimum atomic E-state index is -0.355. The minimum Gasteiger partial charge on any atom is -0.486 e. The van der Waals surface area contributed by atoms with Gasteiger partial charge in [0, 0.05) is 32.0 Å². The smallest absolute Gasteiger partial charge is 0.191 e. The molecule has 0 aliphatic rings. The summed E-state index contributed by atoms with van der Waals surface area (Å²) in [5.74, 6) is 1.70. The number of nitrogens with one attached hydrogen (secondary N) is 2. The van der Waals surface area contributed by atoms with Gasteiger partial charge in [0.1, 0.15) is 11.9 Å². The van der Waals surface area contributed by atoms with Crippen molar-refractivity contribution in [3.05, 3.63) is 48.3 Å². The minimum absolute atomic E-state index is 0. The number of aliphatic imine (C=N–C) groups is 1. The predicted molar refractivity (Wildman–Crippen MR) is 122 cm³/mol. The SMILES string of the molecule is CCNC(=NCC(C)Oc1ccccc1F)NCCCCn1ccnc1C.I. The molecular weight excluding hydrogens is 472 g/mol. The largest absolute Gasteiger partial charge is 0.486 e. The second kappa shape index (κ2) is 13.4. The molecule has 2 aromatic rings. The van der Waals surface area contributed by atoms with Crippen molar-refractivity contribution >= 4 is 29.9 Å². The van der Waals surface area contributed by atoms with Gasteiger partial charge in [-0.25, -0.2) is 14.4 Å². The van der Waals surface area contributed by atoms with Crippen LogP contribution in [0.5, 0.6) is 5.75 Å². The van der Waals surface area contributed by atoms with Crippen LogP contribution in [0.1, 0.15) is 32.5 Å². The number of unbranched alkanes of at least 4 members (excludes halogenated alkanes) is 1. The normalized spacial score (nSPS) is 12.2. The van der Waals surface area contributed by atoms with Crippen molar-refractivity contribution in [2.45, 2.75) is 46.3 Å². The van der Waals surface area contributed by atoms with E-state index < -0.39 is 0 Å². The average Bonchev–Trinajstić information content (AvgIpc) is 3.06. The Morgan fingerprint density at radius 3 is 2.75 bits per heavy atom. The van der Waals surface area contributed by atoms with E-state index >= 15 is 0 Å². The highest BCUT2D eigenvalue weighted by Crippen LogP contribution is 2.16. The van der Waals surface area contributed by atoms with Gasteiger partial charge in [-0.15, -0.1) is 24.0 Å². The standard InChI is InChI=1S/C20H30FN5O.HI/c1-4-22-20(24-11-7-8-13-26-14-12-23-17(26)3)25-15-16(2)27-19-10-6-5-9-18(19)21;/h5-6,9-10,12,14,16H,4,7-8,11,13,15H2,1-3H3,(H2,22,24,25);1H. The van der Waals surface area contributed by atoms with Crippen LogP contribution in [-0.2, 0) is 6.54 Å². The van der Waals surface area contributed by atoms with Crippen LogP contribution in [-0.4, -0.2) is 41.2 Å². The maximum atomic E-state index is 13.6. The molecule has 1 atom stereocenters. The number of rotatable bonds is 10. The van der Waals surface area contributed by atoms with Crippen LogP contribution in [0.3, 0.4) is 0 Å². The van der Waals surface area contributed by atoms with Gasteiger partial charge in [-0.3, -0.25) is 0 Å². The number of aromatic nitrogens is 2. The third-order valence-electron chi connectivity index (χ3n) is 4.06. The van der Waals surface area contributed by atoms with E-state index in [0.29, 0.717) is 6.54 Å². The van der Waals surface area contributed by atoms with Crippen LogP contribution in [0, 0.1) is 12.7 Å². The third kappa shape index (κ3) is 8.45. The summed E-state index contributed by atoms with van der Waals surface area (Å²) in [5, 5.41) is 6.55. The fourth-order valence-electron chi connectivity index (χ4n) is 2.61. The Morgan fingerprint density at radius 1 is 1.29 bits per heavy atom. The number of halogens is 2. The summed E-state index contributed by atoms with van der Waals surface area (Å²) >= 11 is 0. The van der Waals surface area contributed by atoms with Gasteiger partial charge in [0.05, 0.1) is 6.54 Å². The Morgan fingerprint density at radius 2 is 2.07 bits per heavy atom. The summed E-state index contributed by atoms with van der Waals surface area (Å²) in [6.07, 6.45) is 5.71. The summed E-state index contributed by atoms with van der Waals surface area (Å²) in [6, 6.07) is 6.42. The van der Waals surface area contributed by atoms with Crippen molar-refractivity contribution in [1.82, 2.24) is 20.2 Å². The monoisotopic (exact) mass is 503 g/mol. The lowest BCUT2D eigenvalue weighted by Gasteiger charge is -2.15. The lowest BCUT2D eigenvalue weighted by molar-refractivity contribution is 0.220. The number of nitrogens with zero attached hydrogens (tertiary/aromatic N) is 3. The maximum absolute atomic E-state index is 13.6. The van der Waals surface area contributed by atoms with Crippen LogP contribution in [0.15, 0.2) is 41.7 Å². The van der Waals surface area contributed by atoms with Gasteiger partial charge >= 0.3 is 0 Å². The molecule has 0 radical (unpaired) electrons. The summed E-state index contributed by atoms with van der Waals surface area (Å²) in [7, 11) is 0. The van der Waals surface area contributed by atoms with Crippen molar-refractivity contribution in [3.8, 4) is 5.75 Å². The lowest BCUT2D eigenvalue weighted by Crippen LogP contribution is -2.38. The van der Waals surface area contributed by atoms with Crippen LogP contribution in [0.2, 0.25) is 0 Å². The van der Waals surface area contributed by atoms with Crippen molar-refractivity contribution in [2.75, 3.05) is 19.6 Å². The van der Waals surface area contributed by atoms with E-state index in [9.17, 15) is 4.39 Å². The van der Waals surface area contributed by atoms with E-state index in [1.165, 1.54) is 6.07 Å². The Hall–Kier alpha value is -1.84. The lowest BCUT2D eigenvalue weighted by atomic mass is 10.3. The van der Waals surface area contributed by atoms with Crippen LogP contribution in [0.4, 0.5) is 4.39 Å². The van der Waals surface area contributed by atoms with Crippen molar-refractivity contribution in [2.24, 2.45) is 4.99 Å². The zero-order valence-electron chi connectivity index (χ0n) is 16.8. The van der Waals surface area contributed by atoms with Gasteiger partial charge in [-0.1, -0.05) is 12.1 Å². The molecule has 156 valence electrons. The molecule has 8 heteroatoms. The number of benzene rings is 1. The molecule has 1 heterocycles. The molecule has 1 aromatic heterocycles. The number of para-hydroxylation sites is 1. The summed E-state index contributed by atoms with van der Waals surface area (Å²) in [5.41, 5.74) is 0. The number of aryl methyl sites for hydroxylation is 2. The average molecular weight is 503 g/mol. The molecule has 0 saturated heterocycles. The second-order valence-corrected chi connectivity index (χ2v) is 6.38. The van der Waals surface area contributed by atoms with E-state index in [4.69, 9.17) is 4.74 Å². The predicted octanol–water partition coefficient (Wildman–Crippen LogP) is 3.75. The van der Waals surface area contributed by atoms with Gasteiger partial charge in [-0.2, -0.15) is 0 Å². The Balaban J connectivity index is 0.00000392. The summed E-state index contributed by atoms with van der Waals surface area (Å²) in [6.45, 7) is 8.95. The topological polar surface area (TPSA) is 63.5 Å². The molecule has 28 heavy (non-hydrogen) atoms. The molecule has 1 unspecified atom stereocenters. The number of ether oxygens (including phenoxy) is 1. The first-order valence-corrected chi connectivity index (χ1v) is 9.51. The van der Waals surface area contributed by atoms with Crippen LogP contribution >= 0.6 is 24.0 Å². The first-order valence-electron chi connectivity index (χ1n) is 9.51. The number of guanidine groups is 1. The first-order chi connectivity index (χ1) is 13.1. The van der Waals surface area contributed by atoms with E-state index in [2.05, 4.69) is 25.2 Å². The highest BCUT2D eigenvalue weighted by molar-refractivity contribution is 14.0. The summed E-state index contributed by atoms with van der Waals surface area (Å²) < 4.78 is 21.4. The molecular formula is C20H31FIN5O. The van der Waals surface area contributed by atoms with Crippen LogP contribution in [0.25, 0.3) is 0 Å². The van der Waals surface area contributed by atoms with E-state index in [1.807, 2.05) is 33.2 Å². The molecule has 2 N–H and O–H groups in total. The van der Waals surface area contributed by atoms with Gasteiger partial charge in [0.25, 0.3) is 0 Å². The van der Waals surface area contributed by atoms with Crippen LogP contribution < -0.4 is 15.4 Å². The quantitative estimate of drug-likeness (QED) is 0.225. The van der Waals surface area contributed by atoms with Crippen molar-refractivity contribution < 1.29 is 9.13 Å². The molecule has 0 saturated carbocycles. The fraction of sp³-hybridized carbons (Fsp3) is 0.500. The Bertz CT molecular complexity index is 722. The van der Waals surface area contributed by atoms with Gasteiger partial charge in [-0.05, 0) is 45.7 Å². The summed E-state index contributed by atoms with van der Waals surface area (Å²) in [4.78, 5) is 8.76. The maximum Gasteiger partial charge on any atom is 0.191 e. The molecule has 1 aromatic carbocycles. The second-order valence-electron chi connectivity index (χ2n) is 6.38. The van der Waals surface area contributed by atoms with Gasteiger partial charge < -0.3 is 19.9 Å². The number of imidazole rings is 1. The van der Waals surface area contributed by atoms with Gasteiger partial charge in [0.2, 0.25) is 0 Å². The third-order valence-corrected chi connectivity index (χ3v) is 4.06. The number of hydrogen-bond acceptors (Lipinski definition) is 3. The molecule has 0 fully saturated rings. The molecule has 0 aliphatic heterocycles. The highest BCUT2D eigenvalue weighted by atomic mass is 127.